The number of aromatic nitrogens is 3. The van der Waals surface area contributed by atoms with E-state index in [-0.39, 0.29) is 42.2 Å². The Labute approximate surface area is 235 Å². The summed E-state index contributed by atoms with van der Waals surface area (Å²) in [5.74, 6) is -0.633. The summed E-state index contributed by atoms with van der Waals surface area (Å²) in [6.45, 7) is 12.0. The molecule has 0 aliphatic carbocycles. The predicted molar refractivity (Wildman–Crippen MR) is 152 cm³/mol. The lowest BCUT2D eigenvalue weighted by molar-refractivity contribution is -0.142. The molecule has 1 fully saturated rings. The second-order valence-corrected chi connectivity index (χ2v) is 12.2. The van der Waals surface area contributed by atoms with E-state index in [1.165, 1.54) is 4.90 Å². The Bertz CT molecular complexity index is 1310. The Balaban J connectivity index is 1.49. The number of nitrogens with one attached hydrogen (secondary N) is 1. The molecule has 0 bridgehead atoms. The molecule has 8 nitrogen and oxygen atoms in total. The van der Waals surface area contributed by atoms with E-state index in [0.29, 0.717) is 5.02 Å². The highest BCUT2D eigenvalue weighted by Crippen LogP contribution is 2.30. The van der Waals surface area contributed by atoms with Crippen molar-refractivity contribution in [3.05, 3.63) is 71.0 Å². The fourth-order valence-corrected chi connectivity index (χ4v) is 5.22. The molecule has 0 saturated carbocycles. The number of carbonyl (C=O) groups is 2. The van der Waals surface area contributed by atoms with Crippen molar-refractivity contribution in [2.75, 3.05) is 6.54 Å². The van der Waals surface area contributed by atoms with E-state index in [9.17, 15) is 14.7 Å². The summed E-state index contributed by atoms with van der Waals surface area (Å²) in [5, 5.41) is 22.7. The fraction of sp³-hybridized carbons (Fsp3) is 0.467. The Morgan fingerprint density at radius 2 is 1.74 bits per heavy atom. The van der Waals surface area contributed by atoms with Crippen molar-refractivity contribution in [1.82, 2.24) is 25.2 Å². The molecule has 1 saturated heterocycles. The highest BCUT2D eigenvalue weighted by atomic mass is 35.5. The lowest BCUT2D eigenvalue weighted by atomic mass is 9.93. The van der Waals surface area contributed by atoms with Crippen molar-refractivity contribution in [2.45, 2.75) is 77.6 Å². The summed E-state index contributed by atoms with van der Waals surface area (Å²) in [4.78, 5) is 28.7. The quantitative estimate of drug-likeness (QED) is 0.433. The summed E-state index contributed by atoms with van der Waals surface area (Å²) < 4.78 is 1.59. The van der Waals surface area contributed by atoms with Crippen LogP contribution in [-0.4, -0.2) is 55.5 Å². The van der Waals surface area contributed by atoms with E-state index in [4.69, 9.17) is 11.6 Å². The molecule has 39 heavy (non-hydrogen) atoms. The van der Waals surface area contributed by atoms with Gasteiger partial charge in [-0.1, -0.05) is 93.9 Å². The van der Waals surface area contributed by atoms with Crippen molar-refractivity contribution in [3.8, 4) is 11.1 Å². The molecular formula is C30H38ClN5O3. The van der Waals surface area contributed by atoms with Crippen LogP contribution in [0.25, 0.3) is 11.1 Å². The van der Waals surface area contributed by atoms with Crippen molar-refractivity contribution < 1.29 is 14.7 Å². The lowest BCUT2D eigenvalue weighted by Gasteiger charge is -2.30. The Hall–Kier alpha value is -3.23. The molecule has 0 unspecified atom stereocenters. The molecule has 4 rings (SSSR count). The topological polar surface area (TPSA) is 100 Å². The average molecular weight is 552 g/mol. The molecule has 2 heterocycles. The fourth-order valence-electron chi connectivity index (χ4n) is 4.98. The molecule has 0 spiro atoms. The van der Waals surface area contributed by atoms with E-state index in [1.807, 2.05) is 90.1 Å². The van der Waals surface area contributed by atoms with E-state index >= 15 is 0 Å². The molecule has 1 aliphatic heterocycles. The zero-order valence-corrected chi connectivity index (χ0v) is 24.2. The van der Waals surface area contributed by atoms with Crippen LogP contribution in [0.5, 0.6) is 0 Å². The number of halogens is 1. The van der Waals surface area contributed by atoms with E-state index in [2.05, 4.69) is 15.6 Å². The number of rotatable bonds is 7. The minimum atomic E-state index is -0.774. The predicted octanol–water partition coefficient (Wildman–Crippen LogP) is 4.93. The van der Waals surface area contributed by atoms with E-state index in [0.717, 1.165) is 22.4 Å². The number of carbonyl (C=O) groups excluding carboxylic acids is 2. The first-order valence-corrected chi connectivity index (χ1v) is 13.8. The molecule has 2 aromatic carbocycles. The van der Waals surface area contributed by atoms with Gasteiger partial charge in [0.1, 0.15) is 12.1 Å². The van der Waals surface area contributed by atoms with Crippen LogP contribution in [0, 0.1) is 5.92 Å². The molecule has 4 atom stereocenters. The molecule has 208 valence electrons. The van der Waals surface area contributed by atoms with Gasteiger partial charge in [0, 0.05) is 35.2 Å². The summed E-state index contributed by atoms with van der Waals surface area (Å²) in [5.41, 5.74) is 3.43. The Kier molecular flexibility index (Phi) is 8.47. The number of likely N-dealkylation sites (tertiary alicyclic amines) is 1. The summed E-state index contributed by atoms with van der Waals surface area (Å²) in [6, 6.07) is 13.8. The van der Waals surface area contributed by atoms with Crippen molar-refractivity contribution in [3.63, 3.8) is 0 Å². The van der Waals surface area contributed by atoms with Crippen LogP contribution < -0.4 is 5.32 Å². The van der Waals surface area contributed by atoms with Gasteiger partial charge in [0.2, 0.25) is 11.8 Å². The summed E-state index contributed by atoms with van der Waals surface area (Å²) >= 11 is 6.34. The Morgan fingerprint density at radius 3 is 2.33 bits per heavy atom. The van der Waals surface area contributed by atoms with Gasteiger partial charge < -0.3 is 15.3 Å². The first-order chi connectivity index (χ1) is 18.4. The van der Waals surface area contributed by atoms with Gasteiger partial charge in [0.05, 0.1) is 17.8 Å². The first-order valence-electron chi connectivity index (χ1n) is 13.4. The number of benzene rings is 2. The largest absolute Gasteiger partial charge is 0.391 e. The minimum absolute atomic E-state index is 0.0935. The third-order valence-electron chi connectivity index (χ3n) is 7.27. The van der Waals surface area contributed by atoms with Crippen LogP contribution in [-0.2, 0) is 15.0 Å². The van der Waals surface area contributed by atoms with Gasteiger partial charge in [-0.05, 0) is 30.0 Å². The second kappa shape index (κ2) is 11.5. The summed E-state index contributed by atoms with van der Waals surface area (Å²) in [7, 11) is 0. The zero-order valence-electron chi connectivity index (χ0n) is 23.4. The van der Waals surface area contributed by atoms with Crippen LogP contribution in [0.1, 0.15) is 71.3 Å². The first kappa shape index (κ1) is 28.8. The second-order valence-electron chi connectivity index (χ2n) is 11.8. The van der Waals surface area contributed by atoms with Crippen LogP contribution in [0.4, 0.5) is 0 Å². The van der Waals surface area contributed by atoms with Crippen LogP contribution >= 0.6 is 11.6 Å². The van der Waals surface area contributed by atoms with Crippen LogP contribution in [0.2, 0.25) is 5.02 Å². The number of aliphatic hydroxyl groups is 1. The van der Waals surface area contributed by atoms with Crippen molar-refractivity contribution >= 4 is 23.4 Å². The number of aliphatic hydroxyl groups excluding tert-OH is 1. The maximum Gasteiger partial charge on any atom is 0.248 e. The highest BCUT2D eigenvalue weighted by Gasteiger charge is 2.43. The molecule has 1 aromatic heterocycles. The Morgan fingerprint density at radius 1 is 1.08 bits per heavy atom. The number of nitrogens with zero attached hydrogens (tertiary/aromatic N) is 4. The maximum absolute atomic E-state index is 13.8. The van der Waals surface area contributed by atoms with Gasteiger partial charge in [-0.25, -0.2) is 4.68 Å². The smallest absolute Gasteiger partial charge is 0.248 e. The van der Waals surface area contributed by atoms with Gasteiger partial charge in [0.25, 0.3) is 0 Å². The molecule has 0 radical (unpaired) electrons. The third-order valence-corrected chi connectivity index (χ3v) is 7.60. The third kappa shape index (κ3) is 6.34. The van der Waals surface area contributed by atoms with Gasteiger partial charge >= 0.3 is 0 Å². The number of hydrogen-bond donors (Lipinski definition) is 2. The van der Waals surface area contributed by atoms with Crippen LogP contribution in [0.3, 0.4) is 0 Å². The average Bonchev–Trinajstić information content (AvgIpc) is 3.51. The minimum Gasteiger partial charge on any atom is -0.391 e. The molecular weight excluding hydrogens is 514 g/mol. The lowest BCUT2D eigenvalue weighted by Crippen LogP contribution is -2.49. The SMILES string of the molecule is CC(C)[C@@H](C(=O)N1C[C@H](O)C[C@H]1C(=O)N[C@@H](C)c1ccc(-c2ccccc2Cl)cc1)n1cc(C(C)(C)C)nn1. The number of amides is 2. The van der Waals surface area contributed by atoms with E-state index in [1.54, 1.807) is 10.9 Å². The normalized spacial score (nSPS) is 19.3. The zero-order chi connectivity index (χ0) is 28.5. The number of β-amino-alcohol motifs (C(OH)–C–C–N with tert-alkyl or cyclic N) is 1. The van der Waals surface area contributed by atoms with Gasteiger partial charge in [-0.2, -0.15) is 0 Å². The van der Waals surface area contributed by atoms with Crippen LogP contribution in [0.15, 0.2) is 54.7 Å². The van der Waals surface area contributed by atoms with Gasteiger partial charge in [-0.15, -0.1) is 5.10 Å². The van der Waals surface area contributed by atoms with Gasteiger partial charge in [-0.3, -0.25) is 9.59 Å². The standard InChI is InChI=1S/C30H38ClN5O3/c1-18(2)27(36-17-26(33-34-36)30(4,5)6)29(39)35-16-22(37)15-25(35)28(38)32-19(3)20-11-13-21(14-12-20)23-9-7-8-10-24(23)31/h7-14,17-19,22,25,27,37H,15-16H2,1-6H3,(H,32,38)/t19-,22+,25-,27-/m0/s1. The maximum atomic E-state index is 13.8. The number of hydrogen-bond acceptors (Lipinski definition) is 5. The molecule has 1 aliphatic rings. The molecule has 3 aromatic rings. The van der Waals surface area contributed by atoms with Crippen molar-refractivity contribution in [2.24, 2.45) is 5.92 Å². The molecule has 2 amide bonds. The molecule has 2 N–H and O–H groups in total. The van der Waals surface area contributed by atoms with Crippen molar-refractivity contribution in [1.29, 1.82) is 0 Å². The molecule has 9 heteroatoms. The summed E-state index contributed by atoms with van der Waals surface area (Å²) in [6.07, 6.45) is 1.22. The highest BCUT2D eigenvalue weighted by molar-refractivity contribution is 6.33. The van der Waals surface area contributed by atoms with Gasteiger partial charge in [0.15, 0.2) is 0 Å². The van der Waals surface area contributed by atoms with E-state index < -0.39 is 18.2 Å². The monoisotopic (exact) mass is 551 g/mol.